The Morgan fingerprint density at radius 1 is 1.20 bits per heavy atom. The molecule has 0 saturated carbocycles. The molecule has 1 aromatic heterocycles. The van der Waals surface area contributed by atoms with E-state index in [4.69, 9.17) is 9.52 Å². The van der Waals surface area contributed by atoms with Gasteiger partial charge in [-0.25, -0.2) is 4.99 Å². The maximum atomic E-state index is 9.27. The van der Waals surface area contributed by atoms with Gasteiger partial charge in [-0.2, -0.15) is 0 Å². The number of aliphatic hydroxyl groups is 1. The summed E-state index contributed by atoms with van der Waals surface area (Å²) in [7, 11) is 0. The first-order valence-electron chi connectivity index (χ1n) is 9.64. The molecule has 6 nitrogen and oxygen atoms in total. The number of nitrogens with one attached hydrogen (secondary N) is 2. The molecule has 1 unspecified atom stereocenters. The fourth-order valence-electron chi connectivity index (χ4n) is 3.01. The lowest BCUT2D eigenvalue weighted by Gasteiger charge is -2.20. The van der Waals surface area contributed by atoms with Gasteiger partial charge in [0.1, 0.15) is 5.76 Å². The van der Waals surface area contributed by atoms with Gasteiger partial charge in [0.05, 0.1) is 12.2 Å². The largest absolute Gasteiger partial charge is 0.396 e. The topological polar surface area (TPSA) is 82.7 Å². The van der Waals surface area contributed by atoms with Crippen molar-refractivity contribution in [2.45, 2.75) is 66.8 Å². The lowest BCUT2D eigenvalue weighted by Crippen LogP contribution is -2.40. The summed E-state index contributed by atoms with van der Waals surface area (Å²) in [5.74, 6) is 2.80. The van der Waals surface area contributed by atoms with Gasteiger partial charge in [-0.15, -0.1) is 0 Å². The molecule has 0 fully saturated rings. The Morgan fingerprint density at radius 3 is 2.52 bits per heavy atom. The number of guanidine groups is 1. The molecule has 1 aromatic rings. The Kier molecular flexibility index (Phi) is 10.2. The second kappa shape index (κ2) is 11.9. The Bertz CT molecular complexity index is 490. The maximum absolute atomic E-state index is 9.27. The highest BCUT2D eigenvalue weighted by Crippen LogP contribution is 2.17. The summed E-state index contributed by atoms with van der Waals surface area (Å²) in [5.41, 5.74) is 2.10. The maximum Gasteiger partial charge on any atom is 0.191 e. The molecule has 0 saturated heterocycles. The van der Waals surface area contributed by atoms with E-state index in [1.54, 1.807) is 0 Å². The number of nitrogens with zero attached hydrogens (tertiary/aromatic N) is 2. The minimum atomic E-state index is 0.229. The molecule has 0 amide bonds. The summed E-state index contributed by atoms with van der Waals surface area (Å²) in [5, 5.41) is 20.1. The van der Waals surface area contributed by atoms with E-state index < -0.39 is 0 Å². The molecule has 25 heavy (non-hydrogen) atoms. The predicted molar refractivity (Wildman–Crippen MR) is 103 cm³/mol. The van der Waals surface area contributed by atoms with Gasteiger partial charge in [-0.1, -0.05) is 32.9 Å². The molecule has 1 rings (SSSR count). The first-order valence-corrected chi connectivity index (χ1v) is 9.64. The second-order valence-corrected chi connectivity index (χ2v) is 6.82. The van der Waals surface area contributed by atoms with Gasteiger partial charge >= 0.3 is 0 Å². The molecule has 0 radical (unpaired) electrons. The van der Waals surface area contributed by atoms with Crippen molar-refractivity contribution >= 4 is 5.96 Å². The van der Waals surface area contributed by atoms with Crippen molar-refractivity contribution in [2.24, 2.45) is 16.8 Å². The minimum absolute atomic E-state index is 0.229. The molecule has 144 valence electrons. The van der Waals surface area contributed by atoms with Crippen LogP contribution in [0.3, 0.4) is 0 Å². The Hall–Kier alpha value is -1.56. The van der Waals surface area contributed by atoms with E-state index in [1.807, 2.05) is 0 Å². The number of hydrogen-bond acceptors (Lipinski definition) is 4. The van der Waals surface area contributed by atoms with Gasteiger partial charge in [0.2, 0.25) is 0 Å². The van der Waals surface area contributed by atoms with Gasteiger partial charge in [0.25, 0.3) is 0 Å². The van der Waals surface area contributed by atoms with Gasteiger partial charge in [0.15, 0.2) is 5.96 Å². The Labute approximate surface area is 152 Å². The zero-order chi connectivity index (χ0) is 18.7. The lowest BCUT2D eigenvalue weighted by molar-refractivity contribution is 0.243. The first-order chi connectivity index (χ1) is 12.0. The number of aliphatic imine (C=N–C) groups is 1. The molecule has 0 bridgehead atoms. The molecule has 1 atom stereocenters. The van der Waals surface area contributed by atoms with Crippen LogP contribution in [0.15, 0.2) is 9.52 Å². The smallest absolute Gasteiger partial charge is 0.191 e. The zero-order valence-corrected chi connectivity index (χ0v) is 16.6. The summed E-state index contributed by atoms with van der Waals surface area (Å²) in [4.78, 5) is 4.72. The van der Waals surface area contributed by atoms with Crippen LogP contribution < -0.4 is 10.6 Å². The average molecular weight is 353 g/mol. The molecule has 0 aliphatic rings. The highest BCUT2D eigenvalue weighted by molar-refractivity contribution is 5.79. The number of hydrogen-bond donors (Lipinski definition) is 3. The summed E-state index contributed by atoms with van der Waals surface area (Å²) < 4.78 is 5.41. The van der Waals surface area contributed by atoms with Crippen molar-refractivity contribution in [3.8, 4) is 0 Å². The molecule has 1 heterocycles. The van der Waals surface area contributed by atoms with E-state index >= 15 is 0 Å². The standard InChI is InChI=1S/C19H36N4O2/c1-6-17-16(18(7-2)25-23-17)13-22-19(20-8-3)21-12-15(9-10-24)11-14(4)5/h14-15,24H,6-13H2,1-5H3,(H2,20,21,22). The van der Waals surface area contributed by atoms with E-state index in [2.05, 4.69) is 50.4 Å². The van der Waals surface area contributed by atoms with Gasteiger partial charge in [-0.3, -0.25) is 0 Å². The fraction of sp³-hybridized carbons (Fsp3) is 0.789. The minimum Gasteiger partial charge on any atom is -0.396 e. The molecule has 6 heteroatoms. The third kappa shape index (κ3) is 7.46. The van der Waals surface area contributed by atoms with Crippen LogP contribution >= 0.6 is 0 Å². The predicted octanol–water partition coefficient (Wildman–Crippen LogP) is 2.90. The third-order valence-corrected chi connectivity index (χ3v) is 4.25. The molecule has 0 aliphatic carbocycles. The van der Waals surface area contributed by atoms with Crippen LogP contribution in [0.5, 0.6) is 0 Å². The average Bonchev–Trinajstić information content (AvgIpc) is 2.98. The summed E-state index contributed by atoms with van der Waals surface area (Å²) in [6.07, 6.45) is 3.59. The third-order valence-electron chi connectivity index (χ3n) is 4.25. The number of aliphatic hydroxyl groups excluding tert-OH is 1. The number of aryl methyl sites for hydroxylation is 2. The van der Waals surface area contributed by atoms with Crippen molar-refractivity contribution in [1.29, 1.82) is 0 Å². The Balaban J connectivity index is 2.74. The summed E-state index contributed by atoms with van der Waals surface area (Å²) in [6.45, 7) is 13.1. The van der Waals surface area contributed by atoms with Crippen LogP contribution in [0, 0.1) is 11.8 Å². The van der Waals surface area contributed by atoms with Crippen molar-refractivity contribution in [3.63, 3.8) is 0 Å². The fourth-order valence-corrected chi connectivity index (χ4v) is 3.01. The van der Waals surface area contributed by atoms with E-state index in [-0.39, 0.29) is 6.61 Å². The SMILES string of the molecule is CCNC(=NCc1c(CC)noc1CC)NCC(CCO)CC(C)C. The van der Waals surface area contributed by atoms with Gasteiger partial charge in [-0.05, 0) is 38.0 Å². The molecule has 0 spiro atoms. The van der Waals surface area contributed by atoms with Crippen molar-refractivity contribution < 1.29 is 9.63 Å². The normalized spacial score (nSPS) is 13.3. The number of rotatable bonds is 11. The highest BCUT2D eigenvalue weighted by Gasteiger charge is 2.14. The molecular formula is C19H36N4O2. The monoisotopic (exact) mass is 352 g/mol. The quantitative estimate of drug-likeness (QED) is 0.421. The van der Waals surface area contributed by atoms with Crippen molar-refractivity contribution in [1.82, 2.24) is 15.8 Å². The van der Waals surface area contributed by atoms with Crippen LogP contribution in [0.4, 0.5) is 0 Å². The summed E-state index contributed by atoms with van der Waals surface area (Å²) >= 11 is 0. The lowest BCUT2D eigenvalue weighted by atomic mass is 9.94. The van der Waals surface area contributed by atoms with Crippen LogP contribution in [-0.2, 0) is 19.4 Å². The number of aromatic nitrogens is 1. The van der Waals surface area contributed by atoms with Gasteiger partial charge in [0, 0.05) is 31.7 Å². The molecule has 3 N–H and O–H groups in total. The summed E-state index contributed by atoms with van der Waals surface area (Å²) in [6, 6.07) is 0. The van der Waals surface area contributed by atoms with Crippen molar-refractivity contribution in [2.75, 3.05) is 19.7 Å². The van der Waals surface area contributed by atoms with E-state index in [9.17, 15) is 5.11 Å². The van der Waals surface area contributed by atoms with Crippen LogP contribution in [0.2, 0.25) is 0 Å². The second-order valence-electron chi connectivity index (χ2n) is 6.82. The zero-order valence-electron chi connectivity index (χ0n) is 16.6. The van der Waals surface area contributed by atoms with Gasteiger partial charge < -0.3 is 20.3 Å². The molecule has 0 aliphatic heterocycles. The molecule has 0 aromatic carbocycles. The van der Waals surface area contributed by atoms with Crippen LogP contribution in [-0.4, -0.2) is 35.9 Å². The Morgan fingerprint density at radius 2 is 1.96 bits per heavy atom. The molecular weight excluding hydrogens is 316 g/mol. The van der Waals surface area contributed by atoms with Crippen LogP contribution in [0.25, 0.3) is 0 Å². The van der Waals surface area contributed by atoms with E-state index in [0.29, 0.717) is 18.4 Å². The van der Waals surface area contributed by atoms with E-state index in [1.165, 1.54) is 0 Å². The first kappa shape index (κ1) is 21.5. The van der Waals surface area contributed by atoms with E-state index in [0.717, 1.165) is 61.7 Å². The highest BCUT2D eigenvalue weighted by atomic mass is 16.5. The van der Waals surface area contributed by atoms with Crippen molar-refractivity contribution in [3.05, 3.63) is 17.0 Å². The van der Waals surface area contributed by atoms with Crippen LogP contribution in [0.1, 0.15) is 64.5 Å².